The third-order valence-electron chi connectivity index (χ3n) is 2.87. The molecular weight excluding hydrogens is 256 g/mol. The number of hydrogen-bond donors (Lipinski definition) is 1. The smallest absolute Gasteiger partial charge is 0.231 e. The van der Waals surface area contributed by atoms with Crippen LogP contribution >= 0.6 is 0 Å². The predicted molar refractivity (Wildman–Crippen MR) is 75.7 cm³/mol. The van der Waals surface area contributed by atoms with E-state index in [1.54, 1.807) is 6.20 Å². The van der Waals surface area contributed by atoms with Crippen LogP contribution in [0.25, 0.3) is 0 Å². The average molecular weight is 272 g/mol. The first-order chi connectivity index (χ1) is 9.85. The van der Waals surface area contributed by atoms with Crippen molar-refractivity contribution in [3.05, 3.63) is 36.5 Å². The highest BCUT2D eigenvalue weighted by atomic mass is 16.7. The summed E-state index contributed by atoms with van der Waals surface area (Å²) in [5, 5.41) is 3.23. The normalized spacial score (nSPS) is 12.2. The van der Waals surface area contributed by atoms with E-state index in [0.717, 1.165) is 30.3 Å². The number of pyridine rings is 1. The summed E-state index contributed by atoms with van der Waals surface area (Å²) in [6.45, 7) is 3.26. The third-order valence-corrected chi connectivity index (χ3v) is 2.87. The van der Waals surface area contributed by atoms with E-state index in [1.807, 2.05) is 30.3 Å². The number of nitrogens with one attached hydrogen (secondary N) is 1. The third kappa shape index (κ3) is 2.77. The van der Waals surface area contributed by atoms with Gasteiger partial charge < -0.3 is 19.5 Å². The molecule has 1 N–H and O–H groups in total. The van der Waals surface area contributed by atoms with Crippen LogP contribution < -0.4 is 19.5 Å². The quantitative estimate of drug-likeness (QED) is 0.903. The molecule has 2 heterocycles. The zero-order valence-electron chi connectivity index (χ0n) is 11.3. The molecule has 5 nitrogen and oxygen atoms in total. The lowest BCUT2D eigenvalue weighted by Gasteiger charge is -2.08. The van der Waals surface area contributed by atoms with E-state index >= 15 is 0 Å². The van der Waals surface area contributed by atoms with Gasteiger partial charge in [0.05, 0.1) is 0 Å². The van der Waals surface area contributed by atoms with E-state index in [4.69, 9.17) is 14.2 Å². The summed E-state index contributed by atoms with van der Waals surface area (Å²) in [6, 6.07) is 9.21. The fourth-order valence-electron chi connectivity index (χ4n) is 1.90. The molecule has 3 rings (SSSR count). The number of aromatic nitrogens is 1. The van der Waals surface area contributed by atoms with Gasteiger partial charge in [0.25, 0.3) is 0 Å². The molecule has 104 valence electrons. The molecule has 2 aromatic rings. The van der Waals surface area contributed by atoms with Crippen LogP contribution in [0.1, 0.15) is 13.3 Å². The maximum Gasteiger partial charge on any atom is 0.231 e. The molecule has 0 saturated carbocycles. The monoisotopic (exact) mass is 272 g/mol. The van der Waals surface area contributed by atoms with Crippen molar-refractivity contribution in [2.75, 3.05) is 18.7 Å². The Morgan fingerprint density at radius 2 is 2.00 bits per heavy atom. The van der Waals surface area contributed by atoms with Crippen molar-refractivity contribution >= 4 is 5.82 Å². The standard InChI is InChI=1S/C15H16N2O3/c1-2-6-16-15-9-12(5-7-17-15)20-11-3-4-13-14(8-11)19-10-18-13/h3-5,7-9H,2,6,10H2,1H3,(H,16,17). The van der Waals surface area contributed by atoms with Gasteiger partial charge in [-0.2, -0.15) is 0 Å². The summed E-state index contributed by atoms with van der Waals surface area (Å²) in [4.78, 5) is 4.24. The molecule has 0 fully saturated rings. The minimum atomic E-state index is 0.263. The molecule has 1 aliphatic rings. The Labute approximate surface area is 117 Å². The van der Waals surface area contributed by atoms with Gasteiger partial charge in [0.1, 0.15) is 17.3 Å². The number of nitrogens with zero attached hydrogens (tertiary/aromatic N) is 1. The first-order valence-corrected chi connectivity index (χ1v) is 6.62. The highest BCUT2D eigenvalue weighted by molar-refractivity contribution is 5.49. The summed E-state index contributed by atoms with van der Waals surface area (Å²) >= 11 is 0. The van der Waals surface area contributed by atoms with Crippen LogP contribution in [-0.4, -0.2) is 18.3 Å². The van der Waals surface area contributed by atoms with Gasteiger partial charge in [0.15, 0.2) is 11.5 Å². The summed E-state index contributed by atoms with van der Waals surface area (Å²) < 4.78 is 16.4. The predicted octanol–water partition coefficient (Wildman–Crippen LogP) is 3.42. The van der Waals surface area contributed by atoms with Crippen molar-refractivity contribution in [1.82, 2.24) is 4.98 Å². The van der Waals surface area contributed by atoms with Crippen LogP contribution in [0, 0.1) is 0 Å². The summed E-state index contributed by atoms with van der Waals surface area (Å²) in [5.41, 5.74) is 0. The van der Waals surface area contributed by atoms with E-state index in [-0.39, 0.29) is 6.79 Å². The van der Waals surface area contributed by atoms with Gasteiger partial charge >= 0.3 is 0 Å². The Hall–Kier alpha value is -2.43. The molecule has 1 aromatic heterocycles. The lowest BCUT2D eigenvalue weighted by molar-refractivity contribution is 0.174. The lowest BCUT2D eigenvalue weighted by atomic mass is 10.3. The Bertz CT molecular complexity index is 601. The largest absolute Gasteiger partial charge is 0.457 e. The molecule has 20 heavy (non-hydrogen) atoms. The van der Waals surface area contributed by atoms with Crippen LogP contribution in [0.2, 0.25) is 0 Å². The van der Waals surface area contributed by atoms with Gasteiger partial charge in [-0.1, -0.05) is 6.92 Å². The Morgan fingerprint density at radius 1 is 1.15 bits per heavy atom. The van der Waals surface area contributed by atoms with E-state index < -0.39 is 0 Å². The zero-order valence-corrected chi connectivity index (χ0v) is 11.3. The van der Waals surface area contributed by atoms with Gasteiger partial charge in [0, 0.05) is 24.9 Å². The second-order valence-corrected chi connectivity index (χ2v) is 4.42. The second-order valence-electron chi connectivity index (χ2n) is 4.42. The molecule has 1 aliphatic heterocycles. The first kappa shape index (κ1) is 12.6. The molecule has 1 aromatic carbocycles. The molecule has 0 radical (unpaired) electrons. The summed E-state index contributed by atoms with van der Waals surface area (Å²) in [6.07, 6.45) is 2.77. The van der Waals surface area contributed by atoms with Crippen LogP contribution in [-0.2, 0) is 0 Å². The summed E-state index contributed by atoms with van der Waals surface area (Å²) in [5.74, 6) is 3.71. The molecule has 0 amide bonds. The molecule has 0 aliphatic carbocycles. The van der Waals surface area contributed by atoms with Gasteiger partial charge in [0.2, 0.25) is 6.79 Å². The van der Waals surface area contributed by atoms with Gasteiger partial charge in [-0.3, -0.25) is 0 Å². The topological polar surface area (TPSA) is 52.6 Å². The van der Waals surface area contributed by atoms with E-state index in [1.165, 1.54) is 0 Å². The van der Waals surface area contributed by atoms with Crippen molar-refractivity contribution in [2.45, 2.75) is 13.3 Å². The second kappa shape index (κ2) is 5.69. The van der Waals surface area contributed by atoms with Crippen molar-refractivity contribution in [1.29, 1.82) is 0 Å². The van der Waals surface area contributed by atoms with E-state index in [0.29, 0.717) is 11.5 Å². The summed E-state index contributed by atoms with van der Waals surface area (Å²) in [7, 11) is 0. The number of anilines is 1. The van der Waals surface area contributed by atoms with E-state index in [2.05, 4.69) is 17.2 Å². The maximum absolute atomic E-state index is 5.81. The molecule has 0 bridgehead atoms. The number of rotatable bonds is 5. The number of fused-ring (bicyclic) bond motifs is 1. The maximum atomic E-state index is 5.81. The molecule has 0 saturated heterocycles. The van der Waals surface area contributed by atoms with Gasteiger partial charge in [-0.25, -0.2) is 4.98 Å². The highest BCUT2D eigenvalue weighted by Crippen LogP contribution is 2.36. The number of ether oxygens (including phenoxy) is 3. The Balaban J connectivity index is 1.74. The fraction of sp³-hybridized carbons (Fsp3) is 0.267. The van der Waals surface area contributed by atoms with E-state index in [9.17, 15) is 0 Å². The fourth-order valence-corrected chi connectivity index (χ4v) is 1.90. The number of benzene rings is 1. The SMILES string of the molecule is CCCNc1cc(Oc2ccc3c(c2)OCO3)ccn1. The van der Waals surface area contributed by atoms with Crippen molar-refractivity contribution in [3.63, 3.8) is 0 Å². The van der Waals surface area contributed by atoms with Crippen molar-refractivity contribution in [3.8, 4) is 23.0 Å². The molecule has 0 atom stereocenters. The Morgan fingerprint density at radius 3 is 2.90 bits per heavy atom. The minimum Gasteiger partial charge on any atom is -0.457 e. The first-order valence-electron chi connectivity index (χ1n) is 6.62. The van der Waals surface area contributed by atoms with Gasteiger partial charge in [-0.15, -0.1) is 0 Å². The van der Waals surface area contributed by atoms with Crippen molar-refractivity contribution in [2.24, 2.45) is 0 Å². The van der Waals surface area contributed by atoms with Crippen LogP contribution in [0.3, 0.4) is 0 Å². The lowest BCUT2D eigenvalue weighted by Crippen LogP contribution is -2.01. The zero-order chi connectivity index (χ0) is 13.8. The number of hydrogen-bond acceptors (Lipinski definition) is 5. The van der Waals surface area contributed by atoms with Crippen LogP contribution in [0.15, 0.2) is 36.5 Å². The van der Waals surface area contributed by atoms with Gasteiger partial charge in [-0.05, 0) is 24.6 Å². The average Bonchev–Trinajstić information content (AvgIpc) is 2.93. The molecule has 5 heteroatoms. The molecular formula is C15H16N2O3. The highest BCUT2D eigenvalue weighted by Gasteiger charge is 2.14. The van der Waals surface area contributed by atoms with Crippen LogP contribution in [0.5, 0.6) is 23.0 Å². The van der Waals surface area contributed by atoms with Crippen molar-refractivity contribution < 1.29 is 14.2 Å². The molecule has 0 unspecified atom stereocenters. The Kier molecular flexibility index (Phi) is 3.58. The minimum absolute atomic E-state index is 0.263. The molecule has 0 spiro atoms. The van der Waals surface area contributed by atoms with Crippen LogP contribution in [0.4, 0.5) is 5.82 Å².